The van der Waals surface area contributed by atoms with Gasteiger partial charge in [-0.3, -0.25) is 9.59 Å². The van der Waals surface area contributed by atoms with Gasteiger partial charge in [-0.1, -0.05) is 11.6 Å². The van der Waals surface area contributed by atoms with E-state index in [1.54, 1.807) is 46.2 Å². The first-order valence-electron chi connectivity index (χ1n) is 11.6. The van der Waals surface area contributed by atoms with Gasteiger partial charge in [0.25, 0.3) is 17.7 Å². The van der Waals surface area contributed by atoms with Crippen LogP contribution < -0.4 is 9.47 Å². The van der Waals surface area contributed by atoms with Crippen LogP contribution in [0, 0.1) is 11.7 Å². The van der Waals surface area contributed by atoms with Crippen LogP contribution in [0.2, 0.25) is 5.02 Å². The van der Waals surface area contributed by atoms with E-state index in [2.05, 4.69) is 9.97 Å². The van der Waals surface area contributed by atoms with Crippen molar-refractivity contribution >= 4 is 23.4 Å². The molecule has 0 aliphatic carbocycles. The molecule has 2 atom stereocenters. The van der Waals surface area contributed by atoms with Gasteiger partial charge in [-0.25, -0.2) is 14.4 Å². The number of likely N-dealkylation sites (tertiary alicyclic amines) is 2. The van der Waals surface area contributed by atoms with Crippen LogP contribution in [0.15, 0.2) is 54.9 Å². The van der Waals surface area contributed by atoms with E-state index in [0.29, 0.717) is 41.8 Å². The molecule has 0 N–H and O–H groups in total. The summed E-state index contributed by atoms with van der Waals surface area (Å²) in [5.41, 5.74) is 0.450. The molecule has 0 spiro atoms. The van der Waals surface area contributed by atoms with Crippen molar-refractivity contribution in [2.45, 2.75) is 18.9 Å². The Labute approximate surface area is 212 Å². The summed E-state index contributed by atoms with van der Waals surface area (Å²) in [4.78, 5) is 37.9. The molecule has 10 heteroatoms. The highest BCUT2D eigenvalue weighted by Crippen LogP contribution is 2.33. The largest absolute Gasteiger partial charge is 0.479 e. The van der Waals surface area contributed by atoms with Crippen molar-refractivity contribution in [2.24, 2.45) is 5.92 Å². The third kappa shape index (κ3) is 4.70. The molecule has 3 aromatic rings. The molecule has 0 radical (unpaired) electrons. The molecular weight excluding hydrogens is 487 g/mol. The normalized spacial score (nSPS) is 19.1. The number of carbonyl (C=O) groups is 2. The zero-order valence-electron chi connectivity index (χ0n) is 19.6. The first-order valence-corrected chi connectivity index (χ1v) is 12.0. The van der Waals surface area contributed by atoms with E-state index >= 15 is 0 Å². The smallest absolute Gasteiger partial charge is 0.257 e. The highest BCUT2D eigenvalue weighted by molar-refractivity contribution is 6.30. The summed E-state index contributed by atoms with van der Waals surface area (Å²) >= 11 is 5.85. The first-order chi connectivity index (χ1) is 17.4. The lowest BCUT2D eigenvalue weighted by molar-refractivity contribution is 0.0558. The van der Waals surface area contributed by atoms with Gasteiger partial charge in [0.15, 0.2) is 5.82 Å². The van der Waals surface area contributed by atoms with E-state index in [1.807, 2.05) is 0 Å². The Morgan fingerprint density at radius 2 is 1.86 bits per heavy atom. The van der Waals surface area contributed by atoms with Gasteiger partial charge in [0.05, 0.1) is 23.7 Å². The minimum atomic E-state index is -0.769. The Bertz CT molecular complexity index is 1270. The van der Waals surface area contributed by atoms with Crippen LogP contribution in [-0.2, 0) is 0 Å². The highest BCUT2D eigenvalue weighted by atomic mass is 35.5. The molecule has 2 aliphatic rings. The van der Waals surface area contributed by atoms with Crippen molar-refractivity contribution in [3.63, 3.8) is 0 Å². The molecule has 5 rings (SSSR count). The molecule has 1 aromatic carbocycles. The first kappa shape index (κ1) is 24.0. The van der Waals surface area contributed by atoms with Crippen LogP contribution in [0.1, 0.15) is 33.6 Å². The Kier molecular flexibility index (Phi) is 6.73. The van der Waals surface area contributed by atoms with E-state index in [-0.39, 0.29) is 29.3 Å². The summed E-state index contributed by atoms with van der Waals surface area (Å²) in [6, 6.07) is 11.4. The predicted molar refractivity (Wildman–Crippen MR) is 130 cm³/mol. The maximum atomic E-state index is 14.7. The van der Waals surface area contributed by atoms with Crippen molar-refractivity contribution in [2.75, 3.05) is 26.7 Å². The number of fused-ring (bicyclic) bond motifs is 1. The number of amides is 2. The maximum absolute atomic E-state index is 14.7. The van der Waals surface area contributed by atoms with E-state index in [0.717, 1.165) is 12.8 Å². The second-order valence-corrected chi connectivity index (χ2v) is 9.24. The number of hydrogen-bond donors (Lipinski definition) is 0. The van der Waals surface area contributed by atoms with Gasteiger partial charge in [0.1, 0.15) is 5.75 Å². The van der Waals surface area contributed by atoms with Gasteiger partial charge in [-0.2, -0.15) is 0 Å². The fourth-order valence-corrected chi connectivity index (χ4v) is 4.99. The number of hydrogen-bond acceptors (Lipinski definition) is 6. The van der Waals surface area contributed by atoms with Crippen LogP contribution in [0.5, 0.6) is 17.5 Å². The minimum Gasteiger partial charge on any atom is -0.479 e. The van der Waals surface area contributed by atoms with Crippen molar-refractivity contribution in [3.05, 3.63) is 76.8 Å². The summed E-state index contributed by atoms with van der Waals surface area (Å²) in [5.74, 6) is -0.430. The third-order valence-corrected chi connectivity index (χ3v) is 6.86. The maximum Gasteiger partial charge on any atom is 0.257 e. The monoisotopic (exact) mass is 510 g/mol. The van der Waals surface area contributed by atoms with Crippen molar-refractivity contribution in [1.29, 1.82) is 0 Å². The molecule has 2 fully saturated rings. The molecule has 2 aliphatic heterocycles. The highest BCUT2D eigenvalue weighted by Gasteiger charge is 2.43. The summed E-state index contributed by atoms with van der Waals surface area (Å²) in [7, 11) is 1.31. The van der Waals surface area contributed by atoms with Crippen LogP contribution in [0.3, 0.4) is 0 Å². The predicted octanol–water partition coefficient (Wildman–Crippen LogP) is 4.45. The summed E-state index contributed by atoms with van der Waals surface area (Å²) in [6.45, 7) is 1.45. The lowest BCUT2D eigenvalue weighted by Gasteiger charge is -2.36. The number of rotatable bonds is 5. The minimum absolute atomic E-state index is 0.0713. The van der Waals surface area contributed by atoms with E-state index in [4.69, 9.17) is 21.1 Å². The molecule has 2 amide bonds. The van der Waals surface area contributed by atoms with E-state index < -0.39 is 11.7 Å². The molecule has 4 heterocycles. The molecule has 0 unspecified atom stereocenters. The van der Waals surface area contributed by atoms with Crippen LogP contribution in [-0.4, -0.2) is 64.4 Å². The topological polar surface area (TPSA) is 84.9 Å². The molecule has 8 nitrogen and oxygen atoms in total. The average molecular weight is 511 g/mol. The van der Waals surface area contributed by atoms with Crippen LogP contribution >= 0.6 is 11.6 Å². The molecule has 0 bridgehead atoms. The number of halogens is 2. The van der Waals surface area contributed by atoms with Crippen molar-refractivity contribution in [3.8, 4) is 17.5 Å². The molecule has 36 heavy (non-hydrogen) atoms. The van der Waals surface area contributed by atoms with Gasteiger partial charge >= 0.3 is 0 Å². The SMILES string of the molecule is COc1nccc(C(=O)N2CCC[C@@H]3CN(C(=O)c4ccc(Oc5ccc(Cl)cn5)cc4)C[C@@H]32)c1F. The third-order valence-electron chi connectivity index (χ3n) is 6.63. The number of benzene rings is 1. The summed E-state index contributed by atoms with van der Waals surface area (Å²) < 4.78 is 25.3. The number of methoxy groups -OCH3 is 1. The van der Waals surface area contributed by atoms with Gasteiger partial charge in [-0.05, 0) is 55.2 Å². The number of piperidine rings is 1. The second-order valence-electron chi connectivity index (χ2n) is 8.80. The lowest BCUT2D eigenvalue weighted by Crippen LogP contribution is -2.48. The van der Waals surface area contributed by atoms with Gasteiger partial charge in [-0.15, -0.1) is 0 Å². The fourth-order valence-electron chi connectivity index (χ4n) is 4.88. The number of ether oxygens (including phenoxy) is 2. The van der Waals surface area contributed by atoms with Crippen LogP contribution in [0.25, 0.3) is 0 Å². The van der Waals surface area contributed by atoms with Crippen molar-refractivity contribution < 1.29 is 23.5 Å². The molecule has 186 valence electrons. The summed E-state index contributed by atoms with van der Waals surface area (Å²) in [6.07, 6.45) is 4.55. The van der Waals surface area contributed by atoms with E-state index in [9.17, 15) is 14.0 Å². The molecule has 2 saturated heterocycles. The van der Waals surface area contributed by atoms with E-state index in [1.165, 1.54) is 25.6 Å². The van der Waals surface area contributed by atoms with Gasteiger partial charge in [0, 0.05) is 43.7 Å². The Morgan fingerprint density at radius 1 is 1.06 bits per heavy atom. The quantitative estimate of drug-likeness (QED) is 0.504. The average Bonchev–Trinajstić information content (AvgIpc) is 3.34. The number of pyridine rings is 2. The number of carbonyl (C=O) groups excluding carboxylic acids is 2. The zero-order valence-corrected chi connectivity index (χ0v) is 20.3. The Hall–Kier alpha value is -3.72. The van der Waals surface area contributed by atoms with Gasteiger partial charge < -0.3 is 19.3 Å². The fraction of sp³-hybridized carbons (Fsp3) is 0.308. The van der Waals surface area contributed by atoms with Crippen molar-refractivity contribution in [1.82, 2.24) is 19.8 Å². The molecule has 2 aromatic heterocycles. The van der Waals surface area contributed by atoms with Crippen LogP contribution in [0.4, 0.5) is 4.39 Å². The molecule has 0 saturated carbocycles. The summed E-state index contributed by atoms with van der Waals surface area (Å²) in [5, 5.41) is 0.514. The zero-order chi connectivity index (χ0) is 25.2. The standard InChI is InChI=1S/C26H24ClFN4O4/c1-35-24-23(28)20(10-11-29-24)26(34)32-12-2-3-17-14-31(15-21(17)32)25(33)16-4-7-19(8-5-16)36-22-9-6-18(27)13-30-22/h4-11,13,17,21H,2-3,12,14-15H2,1H3/t17-,21+/m1/s1. The number of aromatic nitrogens is 2. The second kappa shape index (κ2) is 10.1. The number of nitrogens with zero attached hydrogens (tertiary/aromatic N) is 4. The lowest BCUT2D eigenvalue weighted by atomic mass is 9.91. The van der Waals surface area contributed by atoms with Gasteiger partial charge in [0.2, 0.25) is 5.88 Å². The molecular formula is C26H24ClFN4O4. The Balaban J connectivity index is 1.28. The Morgan fingerprint density at radius 3 is 2.58 bits per heavy atom.